The molecule has 0 N–H and O–H groups in total. The van der Waals surface area contributed by atoms with E-state index in [2.05, 4.69) is 43.3 Å². The van der Waals surface area contributed by atoms with E-state index in [9.17, 15) is 0 Å². The Morgan fingerprint density at radius 3 is 0.760 bits per heavy atom. The molecule has 3 aromatic rings. The van der Waals surface area contributed by atoms with Crippen LogP contribution in [-0.4, -0.2) is 126 Å². The number of hydrogen-bond acceptors (Lipinski definition) is 10. The maximum absolute atomic E-state index is 6.73. The molecule has 0 unspecified atom stereocenters. The van der Waals surface area contributed by atoms with Gasteiger partial charge in [0.1, 0.15) is 5.60 Å². The third-order valence-corrected chi connectivity index (χ3v) is 7.41. The lowest BCUT2D eigenvalue weighted by Gasteiger charge is -2.36. The monoisotopic (exact) mass is 698 g/mol. The summed E-state index contributed by atoms with van der Waals surface area (Å²) in [5.74, 6) is 0. The summed E-state index contributed by atoms with van der Waals surface area (Å²) in [5, 5.41) is 0. The fourth-order valence-corrected chi connectivity index (χ4v) is 5.03. The second-order valence-corrected chi connectivity index (χ2v) is 11.1. The zero-order chi connectivity index (χ0) is 35.1. The van der Waals surface area contributed by atoms with E-state index in [0.717, 1.165) is 29.7 Å². The summed E-state index contributed by atoms with van der Waals surface area (Å²) in [4.78, 5) is 0. The van der Waals surface area contributed by atoms with Crippen molar-refractivity contribution in [2.75, 3.05) is 126 Å². The molecule has 0 bridgehead atoms. The van der Waals surface area contributed by atoms with Crippen molar-refractivity contribution in [1.82, 2.24) is 0 Å². The molecule has 0 fully saturated rings. The molecule has 0 radical (unpaired) electrons. The van der Waals surface area contributed by atoms with Gasteiger partial charge in [0.05, 0.1) is 119 Å². The minimum atomic E-state index is -0.747. The molecule has 10 heteroatoms. The number of ether oxygens (including phenoxy) is 10. The van der Waals surface area contributed by atoms with Gasteiger partial charge in [-0.1, -0.05) is 97.9 Å². The van der Waals surface area contributed by atoms with E-state index >= 15 is 0 Å². The van der Waals surface area contributed by atoms with E-state index in [1.807, 2.05) is 54.6 Å². The molecule has 10 nitrogen and oxygen atoms in total. The molecule has 0 aliphatic heterocycles. The zero-order valence-electron chi connectivity index (χ0n) is 29.9. The summed E-state index contributed by atoms with van der Waals surface area (Å²) < 4.78 is 56.6. The molecule has 3 aromatic carbocycles. The Kier molecular flexibility index (Phi) is 24.1. The molecule has 0 heterocycles. The number of hydrogen-bond donors (Lipinski definition) is 0. The smallest absolute Gasteiger partial charge is 0.143 e. The van der Waals surface area contributed by atoms with Crippen LogP contribution in [-0.2, 0) is 53.0 Å². The summed E-state index contributed by atoms with van der Waals surface area (Å²) in [6, 6.07) is 31.0. The van der Waals surface area contributed by atoms with Crippen molar-refractivity contribution < 1.29 is 47.4 Å². The molecule has 0 spiro atoms. The van der Waals surface area contributed by atoms with Crippen LogP contribution in [0.25, 0.3) is 0 Å². The SMILES string of the molecule is CCCOCCOCCOCCOCCOCCOCCOCCOCCOCCOC(c1ccccc1)(c1ccccc1)c1ccccc1. The minimum absolute atomic E-state index is 0.420. The first kappa shape index (κ1) is 41.7. The van der Waals surface area contributed by atoms with Gasteiger partial charge in [0.15, 0.2) is 0 Å². The summed E-state index contributed by atoms with van der Waals surface area (Å²) in [5.41, 5.74) is 2.46. The van der Waals surface area contributed by atoms with E-state index in [1.54, 1.807) is 0 Å². The largest absolute Gasteiger partial charge is 0.379 e. The van der Waals surface area contributed by atoms with Gasteiger partial charge in [-0.25, -0.2) is 0 Å². The highest BCUT2D eigenvalue weighted by Gasteiger charge is 2.37. The number of benzene rings is 3. The summed E-state index contributed by atoms with van der Waals surface area (Å²) in [7, 11) is 0. The predicted octanol–water partition coefficient (Wildman–Crippen LogP) is 5.55. The average Bonchev–Trinajstić information content (AvgIpc) is 3.17. The molecule has 0 saturated heterocycles. The standard InChI is InChI=1S/C40H58O10/c1-2-18-41-19-20-42-21-22-43-23-24-44-25-26-45-27-28-46-29-30-47-31-32-48-33-34-49-35-36-50-40(37-12-6-3-7-13-37,38-14-8-4-9-15-38)39-16-10-5-11-17-39/h3-17H,2,18-36H2,1H3. The van der Waals surface area contributed by atoms with Crippen LogP contribution in [0.15, 0.2) is 91.0 Å². The first-order valence-electron chi connectivity index (χ1n) is 17.9. The maximum atomic E-state index is 6.73. The summed E-state index contributed by atoms with van der Waals surface area (Å²) in [6.45, 7) is 12.2. The summed E-state index contributed by atoms with van der Waals surface area (Å²) >= 11 is 0. The second-order valence-electron chi connectivity index (χ2n) is 11.1. The molecule has 3 rings (SSSR count). The van der Waals surface area contributed by atoms with Gasteiger partial charge in [0.25, 0.3) is 0 Å². The van der Waals surface area contributed by atoms with Crippen molar-refractivity contribution >= 4 is 0 Å². The average molecular weight is 699 g/mol. The highest BCUT2D eigenvalue weighted by atomic mass is 16.6. The third kappa shape index (κ3) is 17.5. The van der Waals surface area contributed by atoms with Crippen LogP contribution < -0.4 is 0 Å². The van der Waals surface area contributed by atoms with Crippen LogP contribution in [0.3, 0.4) is 0 Å². The minimum Gasteiger partial charge on any atom is -0.379 e. The fourth-order valence-electron chi connectivity index (χ4n) is 5.03. The lowest BCUT2D eigenvalue weighted by atomic mass is 9.80. The van der Waals surface area contributed by atoms with E-state index in [1.165, 1.54) is 0 Å². The van der Waals surface area contributed by atoms with E-state index in [-0.39, 0.29) is 0 Å². The zero-order valence-corrected chi connectivity index (χ0v) is 29.9. The highest BCUT2D eigenvalue weighted by Crippen LogP contribution is 2.40. The molecular weight excluding hydrogens is 640 g/mol. The molecule has 278 valence electrons. The lowest BCUT2D eigenvalue weighted by Crippen LogP contribution is -2.34. The van der Waals surface area contributed by atoms with Gasteiger partial charge in [-0.05, 0) is 23.1 Å². The van der Waals surface area contributed by atoms with Crippen molar-refractivity contribution in [2.24, 2.45) is 0 Å². The fraction of sp³-hybridized carbons (Fsp3) is 0.550. The van der Waals surface area contributed by atoms with Gasteiger partial charge in [-0.15, -0.1) is 0 Å². The van der Waals surface area contributed by atoms with Gasteiger partial charge in [-0.2, -0.15) is 0 Å². The molecule has 0 aliphatic rings. The van der Waals surface area contributed by atoms with Crippen LogP contribution in [0, 0.1) is 0 Å². The Bertz CT molecular complexity index is 1060. The first-order valence-corrected chi connectivity index (χ1v) is 17.9. The quantitative estimate of drug-likeness (QED) is 0.0596. The van der Waals surface area contributed by atoms with Crippen LogP contribution in [0.1, 0.15) is 30.0 Å². The van der Waals surface area contributed by atoms with E-state index in [0.29, 0.717) is 119 Å². The van der Waals surface area contributed by atoms with Crippen LogP contribution in [0.4, 0.5) is 0 Å². The van der Waals surface area contributed by atoms with E-state index in [4.69, 9.17) is 47.4 Å². The molecule has 50 heavy (non-hydrogen) atoms. The third-order valence-electron chi connectivity index (χ3n) is 7.41. The van der Waals surface area contributed by atoms with Crippen molar-refractivity contribution in [3.05, 3.63) is 108 Å². The van der Waals surface area contributed by atoms with Gasteiger partial charge in [0, 0.05) is 6.61 Å². The van der Waals surface area contributed by atoms with Crippen molar-refractivity contribution in [1.29, 1.82) is 0 Å². The Labute approximate surface area is 299 Å². The first-order chi connectivity index (χ1) is 24.9. The topological polar surface area (TPSA) is 92.3 Å². The molecule has 0 aliphatic carbocycles. The molecule has 0 saturated carbocycles. The molecule has 0 atom stereocenters. The van der Waals surface area contributed by atoms with Gasteiger partial charge < -0.3 is 47.4 Å². The Hall–Kier alpha value is -2.74. The normalized spacial score (nSPS) is 11.7. The van der Waals surface area contributed by atoms with Gasteiger partial charge >= 0.3 is 0 Å². The predicted molar refractivity (Wildman–Crippen MR) is 193 cm³/mol. The highest BCUT2D eigenvalue weighted by molar-refractivity contribution is 5.47. The molecule has 0 aromatic heterocycles. The van der Waals surface area contributed by atoms with Gasteiger partial charge in [-0.3, -0.25) is 0 Å². The van der Waals surface area contributed by atoms with Crippen molar-refractivity contribution in [2.45, 2.75) is 18.9 Å². The Morgan fingerprint density at radius 1 is 0.300 bits per heavy atom. The number of rotatable bonds is 33. The van der Waals surface area contributed by atoms with Crippen LogP contribution in [0.5, 0.6) is 0 Å². The van der Waals surface area contributed by atoms with Crippen LogP contribution in [0.2, 0.25) is 0 Å². The van der Waals surface area contributed by atoms with Crippen molar-refractivity contribution in [3.8, 4) is 0 Å². The van der Waals surface area contributed by atoms with E-state index < -0.39 is 5.60 Å². The van der Waals surface area contributed by atoms with Crippen molar-refractivity contribution in [3.63, 3.8) is 0 Å². The molecular formula is C40H58O10. The molecule has 0 amide bonds. The summed E-state index contributed by atoms with van der Waals surface area (Å²) in [6.07, 6.45) is 1.02. The second kappa shape index (κ2) is 28.9. The maximum Gasteiger partial charge on any atom is 0.143 e. The lowest BCUT2D eigenvalue weighted by molar-refractivity contribution is -0.0399. The van der Waals surface area contributed by atoms with Gasteiger partial charge in [0.2, 0.25) is 0 Å². The Balaban J connectivity index is 1.11. The van der Waals surface area contributed by atoms with Crippen LogP contribution >= 0.6 is 0 Å². The Morgan fingerprint density at radius 2 is 0.520 bits per heavy atom.